The van der Waals surface area contributed by atoms with Crippen molar-refractivity contribution >= 4 is 46.1 Å². The molecule has 4 amide bonds. The number of benzene rings is 2. The van der Waals surface area contributed by atoms with Crippen molar-refractivity contribution in [3.05, 3.63) is 89.7 Å². The van der Waals surface area contributed by atoms with E-state index in [1.54, 1.807) is 29.3 Å². The van der Waals surface area contributed by atoms with Crippen LogP contribution in [0.4, 0.5) is 22.0 Å². The van der Waals surface area contributed by atoms with Crippen molar-refractivity contribution in [3.63, 3.8) is 0 Å². The number of phenolic OH excluding ortho intramolecular Hbond substituents is 1. The highest BCUT2D eigenvalue weighted by Crippen LogP contribution is 2.63. The number of para-hydroxylation sites is 1. The molecule has 1 spiro atoms. The van der Waals surface area contributed by atoms with E-state index in [2.05, 4.69) is 43.0 Å². The van der Waals surface area contributed by atoms with Crippen molar-refractivity contribution < 1.29 is 24.2 Å². The van der Waals surface area contributed by atoms with Gasteiger partial charge in [0.05, 0.1) is 29.4 Å². The van der Waals surface area contributed by atoms with Crippen LogP contribution in [0.2, 0.25) is 0 Å². The number of pyridine rings is 1. The molecule has 0 bridgehead atoms. The van der Waals surface area contributed by atoms with E-state index in [1.165, 1.54) is 12.8 Å². The van der Waals surface area contributed by atoms with E-state index >= 15 is 0 Å². The first kappa shape index (κ1) is 39.1. The number of nitrogens with zero attached hydrogens (tertiary/aromatic N) is 8. The smallest absolute Gasteiger partial charge is 0.328 e. The molecule has 2 saturated carbocycles. The van der Waals surface area contributed by atoms with E-state index in [0.717, 1.165) is 73.4 Å². The topological polar surface area (TPSA) is 175 Å². The van der Waals surface area contributed by atoms with Gasteiger partial charge in [-0.25, -0.2) is 9.78 Å². The number of phenols is 1. The number of hydrogen-bond donors (Lipinski definition) is 3. The van der Waals surface area contributed by atoms with E-state index in [-0.39, 0.29) is 36.2 Å². The lowest BCUT2D eigenvalue weighted by atomic mass is 9.50. The predicted octanol–water partition coefficient (Wildman–Crippen LogP) is 5.69. The molecule has 2 atom stereocenters. The molecule has 5 fully saturated rings. The second kappa shape index (κ2) is 15.4. The van der Waals surface area contributed by atoms with Crippen molar-refractivity contribution in [1.29, 1.82) is 0 Å². The van der Waals surface area contributed by atoms with E-state index < -0.39 is 6.03 Å². The number of piperazine rings is 1. The fourth-order valence-corrected chi connectivity index (χ4v) is 10.6. The summed E-state index contributed by atoms with van der Waals surface area (Å²) >= 11 is 0. The summed E-state index contributed by atoms with van der Waals surface area (Å²) in [5.74, 6) is 0.957. The molecule has 3 aliphatic heterocycles. The van der Waals surface area contributed by atoms with E-state index in [1.807, 2.05) is 54.3 Å². The monoisotopic (exact) mass is 824 g/mol. The highest BCUT2D eigenvalue weighted by atomic mass is 16.5. The Morgan fingerprint density at radius 2 is 1.74 bits per heavy atom. The zero-order valence-corrected chi connectivity index (χ0v) is 34.7. The van der Waals surface area contributed by atoms with Crippen LogP contribution in [0.5, 0.6) is 5.75 Å². The number of urea groups is 1. The normalized spacial score (nSPS) is 25.7. The van der Waals surface area contributed by atoms with E-state index in [9.17, 15) is 19.5 Å². The molecule has 5 aliphatic rings. The number of imide groups is 1. The average molecular weight is 825 g/mol. The molecule has 15 heteroatoms. The summed E-state index contributed by atoms with van der Waals surface area (Å²) in [6.07, 6.45) is 8.76. The van der Waals surface area contributed by atoms with Crippen LogP contribution < -0.4 is 20.9 Å². The van der Waals surface area contributed by atoms with Crippen molar-refractivity contribution in [2.75, 3.05) is 67.9 Å². The first-order valence-corrected chi connectivity index (χ1v) is 21.5. The van der Waals surface area contributed by atoms with Gasteiger partial charge in [0.15, 0.2) is 5.82 Å². The first-order valence-electron chi connectivity index (χ1n) is 21.5. The molecule has 3 saturated heterocycles. The minimum Gasteiger partial charge on any atom is -0.507 e. The number of hydrogen-bond acceptors (Lipinski definition) is 11. The molecule has 4 N–H and O–H groups in total. The summed E-state index contributed by atoms with van der Waals surface area (Å²) < 4.78 is 8.72. The number of ether oxygens (including phenoxy) is 1. The molecule has 2 aliphatic carbocycles. The minimum atomic E-state index is -0.392. The number of nitrogen functional groups attached to an aromatic ring is 1. The van der Waals surface area contributed by atoms with Gasteiger partial charge in [0.2, 0.25) is 5.91 Å². The zero-order valence-electron chi connectivity index (χ0n) is 34.7. The van der Waals surface area contributed by atoms with Gasteiger partial charge in [0.25, 0.3) is 5.91 Å². The Morgan fingerprint density at radius 3 is 2.49 bits per heavy atom. The number of anilines is 3. The van der Waals surface area contributed by atoms with Gasteiger partial charge in [0, 0.05) is 87.5 Å². The summed E-state index contributed by atoms with van der Waals surface area (Å²) in [6.45, 7) is 9.96. The second-order valence-electron chi connectivity index (χ2n) is 17.9. The Balaban J connectivity index is 0.696. The SMILES string of the molecule is Cc1cn(C2CC3(CC(CN4CCN(C(=O)c5ccc([C@@H]6CN(c7cc(-c8ccccc8O)nnc7N)C[C@H](C)O6)cc5)CC4)C3)C2)c2ncc(N3CCC(=O)NC3=O)cc12. The minimum absolute atomic E-state index is 0.0631. The molecule has 3 aromatic heterocycles. The Morgan fingerprint density at radius 1 is 0.967 bits per heavy atom. The van der Waals surface area contributed by atoms with Gasteiger partial charge in [-0.3, -0.25) is 24.7 Å². The fourth-order valence-electron chi connectivity index (χ4n) is 10.6. The molecule has 2 aromatic carbocycles. The number of amides is 4. The standard InChI is InChI=1S/C46H52N10O5/c1-28-24-56(43-36(28)17-33(23-48-43)55-12-11-41(58)49-45(55)60)34-21-46(22-34)19-30(20-46)26-52-13-15-53(16-14-52)44(59)32-9-7-31(8-10-32)40-27-54(25-29(2)61-40)38-18-37(50-51-42(38)47)35-5-3-4-6-39(35)57/h3-10,17-18,23-24,29-30,34,40,57H,11-16,19-22,25-27H2,1-2H3,(H2,47,51)(H,49,58,60)/t29-,30?,34?,40-,46?/m0/s1. The molecule has 0 unspecified atom stereocenters. The van der Waals surface area contributed by atoms with E-state index in [4.69, 9.17) is 15.5 Å². The summed E-state index contributed by atoms with van der Waals surface area (Å²) in [4.78, 5) is 50.8. The van der Waals surface area contributed by atoms with Gasteiger partial charge in [-0.05, 0) is 98.4 Å². The van der Waals surface area contributed by atoms with Gasteiger partial charge in [-0.15, -0.1) is 10.2 Å². The van der Waals surface area contributed by atoms with Crippen LogP contribution in [0.25, 0.3) is 22.3 Å². The summed E-state index contributed by atoms with van der Waals surface area (Å²) in [7, 11) is 0. The Hall–Kier alpha value is -6.06. The number of carbonyl (C=O) groups is 3. The lowest BCUT2D eigenvalue weighted by Gasteiger charge is -2.59. The van der Waals surface area contributed by atoms with Gasteiger partial charge >= 0.3 is 6.03 Å². The average Bonchev–Trinajstić information content (AvgIpc) is 3.56. The van der Waals surface area contributed by atoms with Gasteiger partial charge < -0.3 is 29.9 Å². The fraction of sp³-hybridized carbons (Fsp3) is 0.435. The molecule has 5 aromatic rings. The van der Waals surface area contributed by atoms with Crippen LogP contribution in [0, 0.1) is 18.3 Å². The van der Waals surface area contributed by atoms with Crippen LogP contribution >= 0.6 is 0 Å². The summed E-state index contributed by atoms with van der Waals surface area (Å²) in [5.41, 5.74) is 13.1. The lowest BCUT2D eigenvalue weighted by molar-refractivity contribution is -0.120. The molecule has 61 heavy (non-hydrogen) atoms. The first-order chi connectivity index (χ1) is 29.5. The number of rotatable bonds is 8. The predicted molar refractivity (Wildman–Crippen MR) is 231 cm³/mol. The van der Waals surface area contributed by atoms with Gasteiger partial charge in [-0.2, -0.15) is 0 Å². The third-order valence-corrected chi connectivity index (χ3v) is 13.7. The Labute approximate surface area is 354 Å². The highest BCUT2D eigenvalue weighted by Gasteiger charge is 2.53. The molecular weight excluding hydrogens is 773 g/mol. The molecule has 0 radical (unpaired) electrons. The van der Waals surface area contributed by atoms with Crippen LogP contribution in [0.15, 0.2) is 73.1 Å². The van der Waals surface area contributed by atoms with Crippen LogP contribution in [0.1, 0.15) is 72.7 Å². The van der Waals surface area contributed by atoms with Crippen molar-refractivity contribution in [2.24, 2.45) is 11.3 Å². The third-order valence-electron chi connectivity index (χ3n) is 13.7. The Kier molecular flexibility index (Phi) is 9.90. The van der Waals surface area contributed by atoms with Crippen LogP contribution in [-0.4, -0.2) is 111 Å². The quantitative estimate of drug-likeness (QED) is 0.175. The highest BCUT2D eigenvalue weighted by molar-refractivity contribution is 6.06. The van der Waals surface area contributed by atoms with Crippen molar-refractivity contribution in [2.45, 2.75) is 64.2 Å². The molecule has 15 nitrogen and oxygen atoms in total. The summed E-state index contributed by atoms with van der Waals surface area (Å²) in [5, 5.41) is 22.3. The second-order valence-corrected chi connectivity index (χ2v) is 17.9. The maximum Gasteiger partial charge on any atom is 0.328 e. The Bertz CT molecular complexity index is 2500. The number of nitrogens with one attached hydrogen (secondary N) is 1. The number of morpholine rings is 1. The number of nitrogens with two attached hydrogens (primary N) is 1. The zero-order chi connectivity index (χ0) is 42.0. The molecule has 316 valence electrons. The van der Waals surface area contributed by atoms with Crippen molar-refractivity contribution in [3.8, 4) is 17.0 Å². The molecule has 10 rings (SSSR count). The van der Waals surface area contributed by atoms with Crippen molar-refractivity contribution in [1.82, 2.24) is 34.9 Å². The largest absolute Gasteiger partial charge is 0.507 e. The third kappa shape index (κ3) is 7.43. The maximum absolute atomic E-state index is 13.6. The number of carbonyl (C=O) groups excluding carboxylic acids is 3. The number of aromatic hydroxyl groups is 1. The summed E-state index contributed by atoms with van der Waals surface area (Å²) in [6, 6.07) is 18.8. The number of aromatic nitrogens is 4. The van der Waals surface area contributed by atoms with Crippen LogP contribution in [-0.2, 0) is 9.53 Å². The number of fused-ring (bicyclic) bond motifs is 1. The van der Waals surface area contributed by atoms with Crippen LogP contribution in [0.3, 0.4) is 0 Å². The number of aryl methyl sites for hydroxylation is 1. The molecular formula is C46H52N10O5. The maximum atomic E-state index is 13.6. The lowest BCUT2D eigenvalue weighted by Crippen LogP contribution is -2.54. The van der Waals surface area contributed by atoms with Gasteiger partial charge in [-0.1, -0.05) is 24.3 Å². The van der Waals surface area contributed by atoms with Gasteiger partial charge in [0.1, 0.15) is 17.5 Å². The molecule has 6 heterocycles. The van der Waals surface area contributed by atoms with E-state index in [0.29, 0.717) is 65.3 Å².